The van der Waals surface area contributed by atoms with Crippen molar-refractivity contribution < 1.29 is 22.7 Å². The van der Waals surface area contributed by atoms with E-state index in [4.69, 9.17) is 11.6 Å². The summed E-state index contributed by atoms with van der Waals surface area (Å²) in [4.78, 5) is 14.3. The van der Waals surface area contributed by atoms with E-state index in [0.717, 1.165) is 12.8 Å². The molecule has 2 aromatic rings. The molecule has 0 heterocycles. The zero-order chi connectivity index (χ0) is 18.0. The third kappa shape index (κ3) is 4.25. The first-order chi connectivity index (χ1) is 12.0. The van der Waals surface area contributed by atoms with E-state index >= 15 is 0 Å². The molecule has 1 saturated carbocycles. The van der Waals surface area contributed by atoms with Gasteiger partial charge in [-0.25, -0.2) is 4.39 Å². The maximum absolute atomic E-state index is 14.0. The van der Waals surface area contributed by atoms with Gasteiger partial charge in [0.1, 0.15) is 11.6 Å². The van der Waals surface area contributed by atoms with Crippen LogP contribution in [0.25, 0.3) is 0 Å². The Kier molecular flexibility index (Phi) is 5.18. The molecule has 0 spiro atoms. The number of hydrogen-bond acceptors (Lipinski definition) is 2. The van der Waals surface area contributed by atoms with Gasteiger partial charge in [0.15, 0.2) is 0 Å². The van der Waals surface area contributed by atoms with Gasteiger partial charge in [0.2, 0.25) is 0 Å². The molecule has 25 heavy (non-hydrogen) atoms. The largest absolute Gasteiger partial charge is 0.435 e. The van der Waals surface area contributed by atoms with Gasteiger partial charge in [-0.2, -0.15) is 8.78 Å². The van der Waals surface area contributed by atoms with Crippen molar-refractivity contribution in [2.75, 3.05) is 0 Å². The van der Waals surface area contributed by atoms with Crippen molar-refractivity contribution in [2.45, 2.75) is 32.0 Å². The van der Waals surface area contributed by atoms with Gasteiger partial charge in [-0.05, 0) is 49.2 Å². The molecule has 3 rings (SSSR count). The number of hydrogen-bond donors (Lipinski definition) is 0. The molecule has 0 N–H and O–H groups in total. The molecule has 3 nitrogen and oxygen atoms in total. The van der Waals surface area contributed by atoms with Crippen LogP contribution in [0.1, 0.15) is 28.8 Å². The minimum absolute atomic E-state index is 0.0262. The number of nitrogens with zero attached hydrogens (tertiary/aromatic N) is 1. The van der Waals surface area contributed by atoms with Crippen LogP contribution < -0.4 is 4.74 Å². The molecule has 0 radical (unpaired) electrons. The zero-order valence-electron chi connectivity index (χ0n) is 13.1. The lowest BCUT2D eigenvalue weighted by Crippen LogP contribution is -2.33. The van der Waals surface area contributed by atoms with E-state index in [1.807, 2.05) is 0 Å². The number of carbonyl (C=O) groups excluding carboxylic acids is 1. The fourth-order valence-electron chi connectivity index (χ4n) is 2.55. The quantitative estimate of drug-likeness (QED) is 0.726. The van der Waals surface area contributed by atoms with Crippen molar-refractivity contribution in [1.82, 2.24) is 4.90 Å². The van der Waals surface area contributed by atoms with E-state index < -0.39 is 12.4 Å². The average molecular weight is 370 g/mol. The van der Waals surface area contributed by atoms with Gasteiger partial charge in [0.05, 0.1) is 6.54 Å². The SMILES string of the molecule is O=C(c1ccc(OC(F)F)cc1)N(Cc1c(F)cccc1Cl)C1CC1. The summed E-state index contributed by atoms with van der Waals surface area (Å²) in [6.07, 6.45) is 1.68. The van der Waals surface area contributed by atoms with Crippen molar-refractivity contribution in [1.29, 1.82) is 0 Å². The minimum Gasteiger partial charge on any atom is -0.435 e. The monoisotopic (exact) mass is 369 g/mol. The first-order valence-corrected chi connectivity index (χ1v) is 8.12. The fraction of sp³-hybridized carbons (Fsp3) is 0.278. The molecule has 132 valence electrons. The Hall–Kier alpha value is -2.21. The lowest BCUT2D eigenvalue weighted by Gasteiger charge is -2.23. The van der Waals surface area contributed by atoms with Crippen molar-refractivity contribution in [2.24, 2.45) is 0 Å². The fourth-order valence-corrected chi connectivity index (χ4v) is 2.77. The van der Waals surface area contributed by atoms with Crippen molar-refractivity contribution in [3.63, 3.8) is 0 Å². The number of ether oxygens (including phenoxy) is 1. The first-order valence-electron chi connectivity index (χ1n) is 7.74. The lowest BCUT2D eigenvalue weighted by molar-refractivity contribution is -0.0498. The second-order valence-corrected chi connectivity index (χ2v) is 6.17. The van der Waals surface area contributed by atoms with Gasteiger partial charge in [-0.1, -0.05) is 17.7 Å². The normalized spacial score (nSPS) is 13.8. The molecule has 7 heteroatoms. The van der Waals surface area contributed by atoms with Crippen molar-refractivity contribution in [3.05, 3.63) is 64.4 Å². The van der Waals surface area contributed by atoms with Crippen LogP contribution in [0.5, 0.6) is 5.75 Å². The average Bonchev–Trinajstić information content (AvgIpc) is 3.39. The van der Waals surface area contributed by atoms with Gasteiger partial charge in [-0.3, -0.25) is 4.79 Å². The molecule has 2 aromatic carbocycles. The van der Waals surface area contributed by atoms with Crippen LogP contribution in [0.3, 0.4) is 0 Å². The van der Waals surface area contributed by atoms with E-state index in [9.17, 15) is 18.0 Å². The molecular weight excluding hydrogens is 355 g/mol. The standard InChI is InChI=1S/C18H15ClF3NO2/c19-15-2-1-3-16(20)14(15)10-23(12-6-7-12)17(24)11-4-8-13(9-5-11)25-18(21)22/h1-5,8-9,12,18H,6-7,10H2. The summed E-state index contributed by atoms with van der Waals surface area (Å²) in [6.45, 7) is -2.86. The highest BCUT2D eigenvalue weighted by atomic mass is 35.5. The highest BCUT2D eigenvalue weighted by molar-refractivity contribution is 6.31. The van der Waals surface area contributed by atoms with Crippen LogP contribution in [-0.4, -0.2) is 23.5 Å². The summed E-state index contributed by atoms with van der Waals surface area (Å²) in [5.74, 6) is -0.793. The summed E-state index contributed by atoms with van der Waals surface area (Å²) in [7, 11) is 0. The Bertz CT molecular complexity index is 743. The molecule has 1 aliphatic carbocycles. The number of benzene rings is 2. The molecule has 1 amide bonds. The Balaban J connectivity index is 1.80. The molecule has 0 aliphatic heterocycles. The van der Waals surface area contributed by atoms with Crippen LogP contribution >= 0.6 is 11.6 Å². The summed E-state index contributed by atoms with van der Waals surface area (Å²) < 4.78 is 42.7. The van der Waals surface area contributed by atoms with E-state index in [-0.39, 0.29) is 34.8 Å². The molecule has 0 unspecified atom stereocenters. The number of amides is 1. The molecular formula is C18H15ClF3NO2. The summed E-state index contributed by atoms with van der Waals surface area (Å²) in [5.41, 5.74) is 0.586. The van der Waals surface area contributed by atoms with E-state index in [0.29, 0.717) is 5.56 Å². The molecule has 0 aromatic heterocycles. The highest BCUT2D eigenvalue weighted by Gasteiger charge is 2.34. The van der Waals surface area contributed by atoms with Crippen LogP contribution in [0.2, 0.25) is 5.02 Å². The minimum atomic E-state index is -2.92. The molecule has 1 aliphatic rings. The maximum Gasteiger partial charge on any atom is 0.387 e. The van der Waals surface area contributed by atoms with E-state index in [1.54, 1.807) is 11.0 Å². The number of alkyl halides is 2. The zero-order valence-corrected chi connectivity index (χ0v) is 13.8. The van der Waals surface area contributed by atoms with Gasteiger partial charge in [-0.15, -0.1) is 0 Å². The molecule has 0 saturated heterocycles. The topological polar surface area (TPSA) is 29.5 Å². The Morgan fingerprint density at radius 3 is 2.44 bits per heavy atom. The Morgan fingerprint density at radius 1 is 1.20 bits per heavy atom. The van der Waals surface area contributed by atoms with Crippen LogP contribution in [-0.2, 0) is 6.54 Å². The highest BCUT2D eigenvalue weighted by Crippen LogP contribution is 2.32. The van der Waals surface area contributed by atoms with Gasteiger partial charge >= 0.3 is 6.61 Å². The van der Waals surface area contributed by atoms with Crippen LogP contribution in [0.4, 0.5) is 13.2 Å². The first kappa shape index (κ1) is 17.6. The smallest absolute Gasteiger partial charge is 0.387 e. The van der Waals surface area contributed by atoms with Crippen molar-refractivity contribution in [3.8, 4) is 5.75 Å². The lowest BCUT2D eigenvalue weighted by atomic mass is 10.1. The Morgan fingerprint density at radius 2 is 1.88 bits per heavy atom. The van der Waals surface area contributed by atoms with Gasteiger partial charge in [0.25, 0.3) is 5.91 Å². The predicted molar refractivity (Wildman–Crippen MR) is 87.4 cm³/mol. The molecule has 0 atom stereocenters. The van der Waals surface area contributed by atoms with Crippen LogP contribution in [0, 0.1) is 5.82 Å². The molecule has 0 bridgehead atoms. The van der Waals surface area contributed by atoms with Crippen LogP contribution in [0.15, 0.2) is 42.5 Å². The number of rotatable bonds is 6. The molecule has 1 fully saturated rings. The third-order valence-corrected chi connectivity index (χ3v) is 4.32. The summed E-state index contributed by atoms with van der Waals surface area (Å²) in [5, 5.41) is 0.263. The van der Waals surface area contributed by atoms with E-state index in [1.165, 1.54) is 36.4 Å². The second kappa shape index (κ2) is 7.35. The van der Waals surface area contributed by atoms with Gasteiger partial charge in [0, 0.05) is 22.2 Å². The van der Waals surface area contributed by atoms with Gasteiger partial charge < -0.3 is 9.64 Å². The van der Waals surface area contributed by atoms with Crippen molar-refractivity contribution >= 4 is 17.5 Å². The third-order valence-electron chi connectivity index (χ3n) is 3.97. The summed E-state index contributed by atoms with van der Waals surface area (Å²) in [6, 6.07) is 9.85. The summed E-state index contributed by atoms with van der Waals surface area (Å²) >= 11 is 6.05. The number of carbonyl (C=O) groups is 1. The predicted octanol–water partition coefficient (Wildman–Crippen LogP) is 4.89. The Labute approximate surface area is 148 Å². The number of halogens is 4. The second-order valence-electron chi connectivity index (χ2n) is 5.77. The van der Waals surface area contributed by atoms with E-state index in [2.05, 4.69) is 4.74 Å². The maximum atomic E-state index is 14.0.